The minimum atomic E-state index is -0.527. The third kappa shape index (κ3) is 4.52. The van der Waals surface area contributed by atoms with Gasteiger partial charge in [0.2, 0.25) is 0 Å². The number of rotatable bonds is 7. The number of amides is 1. The van der Waals surface area contributed by atoms with E-state index in [9.17, 15) is 9.59 Å². The first-order chi connectivity index (χ1) is 14.0. The molecule has 3 aromatic rings. The van der Waals surface area contributed by atoms with Crippen LogP contribution in [0.2, 0.25) is 0 Å². The van der Waals surface area contributed by atoms with E-state index in [1.165, 1.54) is 13.3 Å². The summed E-state index contributed by atoms with van der Waals surface area (Å²) in [7, 11) is 3.08. The predicted molar refractivity (Wildman–Crippen MR) is 107 cm³/mol. The Bertz CT molecular complexity index is 1120. The molecular weight excluding hydrogens is 376 g/mol. The minimum Gasteiger partial charge on any atom is -0.493 e. The van der Waals surface area contributed by atoms with E-state index in [1.54, 1.807) is 56.5 Å². The Morgan fingerprint density at radius 1 is 1.17 bits per heavy atom. The smallest absolute Gasteiger partial charge is 0.294 e. The second-order valence-electron chi connectivity index (χ2n) is 5.96. The van der Waals surface area contributed by atoms with Crippen molar-refractivity contribution in [1.29, 1.82) is 0 Å². The lowest BCUT2D eigenvalue weighted by molar-refractivity contribution is -0.126. The van der Waals surface area contributed by atoms with Crippen LogP contribution in [0, 0.1) is 6.92 Å². The van der Waals surface area contributed by atoms with Gasteiger partial charge < -0.3 is 14.3 Å². The number of carbonyl (C=O) groups excluding carboxylic acids is 1. The van der Waals surface area contributed by atoms with E-state index in [-0.39, 0.29) is 5.56 Å². The Morgan fingerprint density at radius 3 is 2.69 bits per heavy atom. The van der Waals surface area contributed by atoms with Gasteiger partial charge in [-0.2, -0.15) is 5.10 Å². The fraction of sp³-hybridized carbons (Fsp3) is 0.200. The van der Waals surface area contributed by atoms with Gasteiger partial charge in [0, 0.05) is 0 Å². The molecule has 1 heterocycles. The average molecular weight is 396 g/mol. The topological polar surface area (TPSA) is 104 Å². The van der Waals surface area contributed by atoms with Crippen LogP contribution in [0.15, 0.2) is 52.4 Å². The predicted octanol–water partition coefficient (Wildman–Crippen LogP) is 1.30. The Hall–Kier alpha value is -3.88. The molecule has 0 radical (unpaired) electrons. The first-order valence-electron chi connectivity index (χ1n) is 8.69. The molecule has 0 bridgehead atoms. The Kier molecular flexibility index (Phi) is 6.08. The van der Waals surface area contributed by atoms with Crippen molar-refractivity contribution in [1.82, 2.24) is 15.1 Å². The first kappa shape index (κ1) is 19.9. The van der Waals surface area contributed by atoms with Crippen molar-refractivity contribution < 1.29 is 19.1 Å². The maximum atomic E-state index is 12.5. The molecule has 0 aliphatic rings. The molecule has 9 nitrogen and oxygen atoms in total. The van der Waals surface area contributed by atoms with Crippen molar-refractivity contribution in [3.05, 3.63) is 64.2 Å². The number of benzene rings is 2. The van der Waals surface area contributed by atoms with E-state index in [1.807, 2.05) is 0 Å². The van der Waals surface area contributed by atoms with Crippen molar-refractivity contribution in [3.63, 3.8) is 0 Å². The van der Waals surface area contributed by atoms with Gasteiger partial charge >= 0.3 is 0 Å². The molecule has 0 atom stereocenters. The van der Waals surface area contributed by atoms with Gasteiger partial charge in [0.25, 0.3) is 11.5 Å². The van der Waals surface area contributed by atoms with Crippen molar-refractivity contribution in [2.24, 2.45) is 5.10 Å². The van der Waals surface area contributed by atoms with Gasteiger partial charge in [0.1, 0.15) is 5.82 Å². The standard InChI is InChI=1S/C20H20N4O5/c1-13-22-16-7-5-4-6-15(16)20(26)24(13)29-12-19(25)23-21-11-14-8-9-17(27-2)18(10-14)28-3/h4-11H,12H2,1-3H3,(H,23,25). The third-order valence-electron chi connectivity index (χ3n) is 4.03. The van der Waals surface area contributed by atoms with Crippen LogP contribution in [0.25, 0.3) is 10.9 Å². The molecule has 0 fully saturated rings. The number of hydrogen-bond donors (Lipinski definition) is 1. The average Bonchev–Trinajstić information content (AvgIpc) is 2.73. The van der Waals surface area contributed by atoms with Gasteiger partial charge in [-0.05, 0) is 42.8 Å². The van der Waals surface area contributed by atoms with Gasteiger partial charge in [0.15, 0.2) is 18.1 Å². The molecule has 1 N–H and O–H groups in total. The summed E-state index contributed by atoms with van der Waals surface area (Å²) in [5, 5.41) is 4.28. The number of nitrogens with zero attached hydrogens (tertiary/aromatic N) is 3. The zero-order valence-electron chi connectivity index (χ0n) is 16.2. The van der Waals surface area contributed by atoms with E-state index >= 15 is 0 Å². The van der Waals surface area contributed by atoms with Crippen molar-refractivity contribution in [2.45, 2.75) is 6.92 Å². The van der Waals surface area contributed by atoms with Crippen LogP contribution in [0.4, 0.5) is 0 Å². The van der Waals surface area contributed by atoms with Crippen LogP contribution in [0.3, 0.4) is 0 Å². The first-order valence-corrected chi connectivity index (χ1v) is 8.69. The van der Waals surface area contributed by atoms with Crippen LogP contribution in [0.5, 0.6) is 11.5 Å². The van der Waals surface area contributed by atoms with Crippen molar-refractivity contribution in [3.8, 4) is 11.5 Å². The highest BCUT2D eigenvalue weighted by molar-refractivity contribution is 5.83. The molecule has 0 saturated carbocycles. The van der Waals surface area contributed by atoms with Crippen LogP contribution in [-0.2, 0) is 4.79 Å². The zero-order chi connectivity index (χ0) is 20.8. The van der Waals surface area contributed by atoms with Crippen LogP contribution >= 0.6 is 0 Å². The molecule has 1 aromatic heterocycles. The fourth-order valence-corrected chi connectivity index (χ4v) is 2.65. The number of nitrogens with one attached hydrogen (secondary N) is 1. The molecule has 0 unspecified atom stereocenters. The number of carbonyl (C=O) groups is 1. The second kappa shape index (κ2) is 8.87. The number of fused-ring (bicyclic) bond motifs is 1. The maximum absolute atomic E-state index is 12.5. The molecular formula is C20H20N4O5. The Balaban J connectivity index is 1.63. The molecule has 3 rings (SSSR count). The lowest BCUT2D eigenvalue weighted by Gasteiger charge is -2.11. The minimum absolute atomic E-state index is 0.343. The largest absolute Gasteiger partial charge is 0.493 e. The number of ether oxygens (including phenoxy) is 2. The molecule has 150 valence electrons. The lowest BCUT2D eigenvalue weighted by Crippen LogP contribution is -2.35. The van der Waals surface area contributed by atoms with Crippen LogP contribution in [-0.4, -0.2) is 42.7 Å². The van der Waals surface area contributed by atoms with E-state index in [0.29, 0.717) is 33.8 Å². The molecule has 0 aliphatic heterocycles. The summed E-state index contributed by atoms with van der Waals surface area (Å²) in [6.45, 7) is 1.23. The highest BCUT2D eigenvalue weighted by atomic mass is 16.7. The van der Waals surface area contributed by atoms with Gasteiger partial charge in [-0.15, -0.1) is 4.73 Å². The van der Waals surface area contributed by atoms with Crippen LogP contribution in [0.1, 0.15) is 11.4 Å². The van der Waals surface area contributed by atoms with Gasteiger partial charge in [-0.25, -0.2) is 10.4 Å². The lowest BCUT2D eigenvalue weighted by atomic mass is 10.2. The summed E-state index contributed by atoms with van der Waals surface area (Å²) >= 11 is 0. The highest BCUT2D eigenvalue weighted by Gasteiger charge is 2.10. The number of methoxy groups -OCH3 is 2. The molecule has 0 spiro atoms. The summed E-state index contributed by atoms with van der Waals surface area (Å²) in [4.78, 5) is 34.1. The molecule has 2 aromatic carbocycles. The normalized spacial score (nSPS) is 10.9. The number of aromatic nitrogens is 2. The summed E-state index contributed by atoms with van der Waals surface area (Å²) in [6.07, 6.45) is 1.45. The maximum Gasteiger partial charge on any atom is 0.294 e. The third-order valence-corrected chi connectivity index (χ3v) is 4.03. The van der Waals surface area contributed by atoms with E-state index in [2.05, 4.69) is 15.5 Å². The molecule has 0 aliphatic carbocycles. The van der Waals surface area contributed by atoms with E-state index in [4.69, 9.17) is 14.3 Å². The fourth-order valence-electron chi connectivity index (χ4n) is 2.65. The summed E-state index contributed by atoms with van der Waals surface area (Å²) in [6, 6.07) is 12.1. The van der Waals surface area contributed by atoms with Crippen LogP contribution < -0.4 is 25.3 Å². The van der Waals surface area contributed by atoms with Gasteiger partial charge in [0.05, 0.1) is 31.3 Å². The molecule has 0 saturated heterocycles. The van der Waals surface area contributed by atoms with E-state index in [0.717, 1.165) is 4.73 Å². The number of hydrogen-bond acceptors (Lipinski definition) is 7. The van der Waals surface area contributed by atoms with Gasteiger partial charge in [-0.1, -0.05) is 12.1 Å². The summed E-state index contributed by atoms with van der Waals surface area (Å²) < 4.78 is 11.4. The second-order valence-corrected chi connectivity index (χ2v) is 5.96. The summed E-state index contributed by atoms with van der Waals surface area (Å²) in [5.41, 5.74) is 3.23. The van der Waals surface area contributed by atoms with Crippen molar-refractivity contribution in [2.75, 3.05) is 20.8 Å². The van der Waals surface area contributed by atoms with E-state index < -0.39 is 12.5 Å². The number of hydrazone groups is 1. The SMILES string of the molecule is COc1ccc(C=NNC(=O)COn2c(C)nc3ccccc3c2=O)cc1OC. The van der Waals surface area contributed by atoms with Crippen molar-refractivity contribution >= 4 is 23.0 Å². The summed E-state index contributed by atoms with van der Waals surface area (Å²) in [5.74, 6) is 0.952. The highest BCUT2D eigenvalue weighted by Crippen LogP contribution is 2.26. The Labute approximate surface area is 166 Å². The number of aryl methyl sites for hydroxylation is 1. The zero-order valence-corrected chi connectivity index (χ0v) is 16.2. The molecule has 29 heavy (non-hydrogen) atoms. The monoisotopic (exact) mass is 396 g/mol. The molecule has 1 amide bonds. The quantitative estimate of drug-likeness (QED) is 0.477. The van der Waals surface area contributed by atoms with Gasteiger partial charge in [-0.3, -0.25) is 9.59 Å². The number of para-hydroxylation sites is 1. The molecule has 9 heteroatoms. The Morgan fingerprint density at radius 2 is 1.93 bits per heavy atom.